The largest absolute Gasteiger partial charge is 0.423 e. The molecule has 0 N–H and O–H groups in total. The number of hydrogen-bond donors (Lipinski definition) is 0. The Kier molecular flexibility index (Phi) is 9.56. The molecule has 2 fully saturated rings. The molecule has 15 heteroatoms. The second kappa shape index (κ2) is 12.6. The fraction of sp³-hybridized carbons (Fsp3) is 0.486. The Morgan fingerprint density at radius 3 is 1.98 bits per heavy atom. The van der Waals surface area contributed by atoms with E-state index in [1.165, 1.54) is 32.0 Å². The molecule has 5 rings (SSSR count). The van der Waals surface area contributed by atoms with Gasteiger partial charge in [0, 0.05) is 12.6 Å². The third-order valence-corrected chi connectivity index (χ3v) is 11.6. The highest BCUT2D eigenvalue weighted by atomic mass is 31.2. The van der Waals surface area contributed by atoms with E-state index in [0.717, 1.165) is 11.1 Å². The summed E-state index contributed by atoms with van der Waals surface area (Å²) in [5.74, 6) is -0.669. The Hall–Kier alpha value is -3.45. The lowest BCUT2D eigenvalue weighted by Crippen LogP contribution is -2.58. The van der Waals surface area contributed by atoms with Crippen LogP contribution in [0, 0.1) is 6.92 Å². The Balaban J connectivity index is 1.46. The van der Waals surface area contributed by atoms with E-state index in [1.54, 1.807) is 0 Å². The van der Waals surface area contributed by atoms with Gasteiger partial charge in [-0.2, -0.15) is 26.3 Å². The molecule has 2 aliphatic rings. The summed E-state index contributed by atoms with van der Waals surface area (Å²) >= 11 is 0. The molecule has 0 aliphatic carbocycles. The number of alkyl halides is 6. The molecular formula is C35H42F6N4O4P+. The first-order chi connectivity index (χ1) is 22.9. The number of quaternary nitrogens is 1. The third-order valence-electron chi connectivity index (χ3n) is 9.30. The molecule has 1 amide bonds. The van der Waals surface area contributed by atoms with Crippen molar-refractivity contribution in [2.45, 2.75) is 70.9 Å². The number of hydrogen-bond acceptors (Lipinski definition) is 6. The van der Waals surface area contributed by atoms with Crippen LogP contribution in [0.15, 0.2) is 54.7 Å². The number of pyridine rings is 1. The van der Waals surface area contributed by atoms with Gasteiger partial charge >= 0.3 is 25.9 Å². The zero-order valence-corrected chi connectivity index (χ0v) is 30.1. The predicted molar refractivity (Wildman–Crippen MR) is 179 cm³/mol. The van der Waals surface area contributed by atoms with Crippen LogP contribution in [0.2, 0.25) is 0 Å². The van der Waals surface area contributed by atoms with Crippen LogP contribution in [0.1, 0.15) is 56.9 Å². The number of likely N-dealkylation sites (N-methyl/N-ethyl adjacent to an activating group) is 2. The lowest BCUT2D eigenvalue weighted by atomic mass is 9.81. The Labute approximate surface area is 288 Å². The van der Waals surface area contributed by atoms with E-state index in [4.69, 9.17) is 9.05 Å². The molecule has 3 aromatic rings. The van der Waals surface area contributed by atoms with Gasteiger partial charge in [-0.25, -0.2) is 14.1 Å². The average Bonchev–Trinajstić information content (AvgIpc) is 3.69. The number of amides is 1. The van der Waals surface area contributed by atoms with Gasteiger partial charge in [-0.15, -0.1) is 0 Å². The number of benzene rings is 2. The molecule has 1 aromatic heterocycles. The van der Waals surface area contributed by atoms with Gasteiger partial charge in [0.2, 0.25) is 5.91 Å². The van der Waals surface area contributed by atoms with Crippen LogP contribution in [0.5, 0.6) is 0 Å². The molecule has 0 saturated carbocycles. The number of halogens is 6. The number of carbonyl (C=O) groups is 1. The van der Waals surface area contributed by atoms with Crippen LogP contribution in [-0.2, 0) is 36.2 Å². The van der Waals surface area contributed by atoms with Crippen LogP contribution in [0.25, 0.3) is 11.1 Å². The van der Waals surface area contributed by atoms with Gasteiger partial charge in [0.25, 0.3) is 0 Å². The first-order valence-corrected chi connectivity index (χ1v) is 17.7. The van der Waals surface area contributed by atoms with Crippen molar-refractivity contribution < 1.29 is 49.2 Å². The van der Waals surface area contributed by atoms with Crippen molar-refractivity contribution in [1.29, 1.82) is 0 Å². The number of aryl methyl sites for hydroxylation is 1. The maximum Gasteiger partial charge on any atom is 0.423 e. The first-order valence-electron chi connectivity index (χ1n) is 16.1. The third kappa shape index (κ3) is 7.58. The maximum atomic E-state index is 14.1. The number of anilines is 2. The minimum absolute atomic E-state index is 0.0464. The Morgan fingerprint density at radius 1 is 0.920 bits per heavy atom. The van der Waals surface area contributed by atoms with Crippen molar-refractivity contribution in [3.8, 4) is 11.1 Å². The van der Waals surface area contributed by atoms with Gasteiger partial charge in [-0.3, -0.25) is 13.8 Å². The van der Waals surface area contributed by atoms with E-state index < -0.39 is 59.5 Å². The zero-order valence-electron chi connectivity index (χ0n) is 29.2. The van der Waals surface area contributed by atoms with E-state index in [0.29, 0.717) is 59.9 Å². The average molecular weight is 728 g/mol. The smallest absolute Gasteiger partial charge is 0.345 e. The minimum atomic E-state index is -5.06. The molecule has 2 aliphatic heterocycles. The summed E-state index contributed by atoms with van der Waals surface area (Å²) in [4.78, 5) is 22.1. The summed E-state index contributed by atoms with van der Waals surface area (Å²) in [5, 5.41) is 0. The highest BCUT2D eigenvalue weighted by molar-refractivity contribution is 7.60. The summed E-state index contributed by atoms with van der Waals surface area (Å²) in [5.41, 5.74) is -3.25. The summed E-state index contributed by atoms with van der Waals surface area (Å²) < 4.78 is 107. The number of rotatable bonds is 7. The molecule has 0 bridgehead atoms. The molecule has 272 valence electrons. The second-order valence-corrected chi connectivity index (χ2v) is 16.7. The van der Waals surface area contributed by atoms with E-state index in [-0.39, 0.29) is 6.07 Å². The first kappa shape index (κ1) is 37.8. The van der Waals surface area contributed by atoms with Crippen LogP contribution in [0.3, 0.4) is 0 Å². The van der Waals surface area contributed by atoms with Gasteiger partial charge in [0.1, 0.15) is 5.82 Å². The zero-order chi connectivity index (χ0) is 37.2. The standard InChI is InChI=1S/C35H42F6N4O4P/c1-22-11-9-10-12-26(22)27-20-29(44-13-15-45(8,16-14-44)31-48-50(31,47)49-32(2,3)4)42-21-28(27)43(7)30(46)33(5,6)23-17-24(34(36,37)38)19-25(18-23)35(39,40)41/h9-12,17-21,31H,13-16H2,1-8H3/q+1. The summed E-state index contributed by atoms with van der Waals surface area (Å²) in [7, 11) is 0.186. The molecular weight excluding hydrogens is 685 g/mol. The van der Waals surface area contributed by atoms with Crippen molar-refractivity contribution in [3.05, 3.63) is 77.0 Å². The van der Waals surface area contributed by atoms with E-state index in [9.17, 15) is 35.7 Å². The van der Waals surface area contributed by atoms with Crippen LogP contribution >= 0.6 is 7.60 Å². The summed E-state index contributed by atoms with van der Waals surface area (Å²) in [6, 6.07) is 10.5. The number of aromatic nitrogens is 1. The SMILES string of the molecule is Cc1ccccc1-c1cc(N2CC[N+](C)(C3OP3(=O)OC(C)(C)C)CC2)ncc1N(C)C(=O)C(C)(C)c1cc(C(F)(F)F)cc(C(F)(F)F)c1. The molecule has 2 atom stereocenters. The number of nitrogens with zero attached hydrogens (tertiary/aromatic N) is 4. The van der Waals surface area contributed by atoms with Crippen LogP contribution < -0.4 is 9.80 Å². The topological polar surface area (TPSA) is 75.3 Å². The van der Waals surface area contributed by atoms with Crippen molar-refractivity contribution >= 4 is 25.0 Å². The van der Waals surface area contributed by atoms with Crippen molar-refractivity contribution in [3.63, 3.8) is 0 Å². The molecule has 0 radical (unpaired) electrons. The minimum Gasteiger partial charge on any atom is -0.345 e. The Bertz CT molecular complexity index is 1800. The van der Waals surface area contributed by atoms with E-state index in [1.807, 2.05) is 65.1 Å². The van der Waals surface area contributed by atoms with E-state index in [2.05, 4.69) is 9.88 Å². The van der Waals surface area contributed by atoms with Gasteiger partial charge in [-0.1, -0.05) is 24.3 Å². The monoisotopic (exact) mass is 727 g/mol. The maximum absolute atomic E-state index is 14.1. The van der Waals surface area contributed by atoms with Gasteiger partial charge in [0.05, 0.1) is 67.3 Å². The molecule has 0 spiro atoms. The lowest BCUT2D eigenvalue weighted by molar-refractivity contribution is -0.926. The highest BCUT2D eigenvalue weighted by Gasteiger charge is 2.68. The van der Waals surface area contributed by atoms with E-state index >= 15 is 0 Å². The summed E-state index contributed by atoms with van der Waals surface area (Å²) in [6.07, 6.45) is -8.62. The molecule has 2 unspecified atom stereocenters. The second-order valence-electron chi connectivity index (χ2n) is 14.7. The van der Waals surface area contributed by atoms with Crippen LogP contribution in [0.4, 0.5) is 37.8 Å². The quantitative estimate of drug-likeness (QED) is 0.105. The number of piperazine rings is 1. The molecule has 2 aromatic carbocycles. The van der Waals surface area contributed by atoms with Crippen molar-refractivity contribution in [1.82, 2.24) is 4.98 Å². The highest BCUT2D eigenvalue weighted by Crippen LogP contribution is 2.74. The molecule has 50 heavy (non-hydrogen) atoms. The molecule has 2 saturated heterocycles. The van der Waals surface area contributed by atoms with Crippen molar-refractivity contribution in [2.75, 3.05) is 50.1 Å². The fourth-order valence-electron chi connectivity index (χ4n) is 6.32. The summed E-state index contributed by atoms with van der Waals surface area (Å²) in [6.45, 7) is 12.2. The number of carbonyl (C=O) groups excluding carboxylic acids is 1. The molecule has 3 heterocycles. The van der Waals surface area contributed by atoms with Gasteiger partial charge < -0.3 is 9.80 Å². The van der Waals surface area contributed by atoms with Crippen LogP contribution in [-0.4, -0.2) is 67.2 Å². The Morgan fingerprint density at radius 2 is 1.46 bits per heavy atom. The molecule has 8 nitrogen and oxygen atoms in total. The van der Waals surface area contributed by atoms with Crippen molar-refractivity contribution in [2.24, 2.45) is 0 Å². The van der Waals surface area contributed by atoms with Gasteiger partial charge in [-0.05, 0) is 82.5 Å². The van der Waals surface area contributed by atoms with Gasteiger partial charge in [0.15, 0.2) is 0 Å². The predicted octanol–water partition coefficient (Wildman–Crippen LogP) is 8.62. The normalized spacial score (nSPS) is 21.2. The fourth-order valence-corrected chi connectivity index (χ4v) is 8.79. The lowest BCUT2D eigenvalue weighted by Gasteiger charge is -2.41.